The van der Waals surface area contributed by atoms with E-state index < -0.39 is 0 Å². The lowest BCUT2D eigenvalue weighted by atomic mass is 10.1. The molecule has 0 aliphatic carbocycles. The quantitative estimate of drug-likeness (QED) is 0.838. The van der Waals surface area contributed by atoms with Gasteiger partial charge in [0, 0.05) is 24.7 Å². The molecular formula is C18H24N2O. The van der Waals surface area contributed by atoms with Crippen LogP contribution in [0, 0.1) is 11.8 Å². The van der Waals surface area contributed by atoms with Gasteiger partial charge in [-0.1, -0.05) is 24.0 Å². The molecule has 2 saturated heterocycles. The Kier molecular flexibility index (Phi) is 4.92. The Balaban J connectivity index is 1.65. The molecule has 2 heterocycles. The Bertz CT molecular complexity index is 532. The fourth-order valence-electron chi connectivity index (χ4n) is 3.57. The van der Waals surface area contributed by atoms with Gasteiger partial charge in [0.15, 0.2) is 0 Å². The van der Waals surface area contributed by atoms with E-state index in [1.165, 1.54) is 51.0 Å². The number of rotatable bonds is 2. The summed E-state index contributed by atoms with van der Waals surface area (Å²) in [5, 5.41) is 8.79. The largest absolute Gasteiger partial charge is 0.384 e. The third-order valence-corrected chi connectivity index (χ3v) is 4.53. The molecule has 1 aromatic rings. The van der Waals surface area contributed by atoms with Crippen LogP contribution in [-0.2, 0) is 6.54 Å². The van der Waals surface area contributed by atoms with Crippen LogP contribution in [0.25, 0.3) is 0 Å². The molecule has 1 unspecified atom stereocenters. The van der Waals surface area contributed by atoms with Crippen LogP contribution >= 0.6 is 0 Å². The maximum atomic E-state index is 8.79. The second-order valence-corrected chi connectivity index (χ2v) is 6.08. The molecule has 2 fully saturated rings. The van der Waals surface area contributed by atoms with Crippen LogP contribution in [0.5, 0.6) is 0 Å². The minimum absolute atomic E-state index is 0.0755. The predicted octanol–water partition coefficient (Wildman–Crippen LogP) is 1.70. The molecule has 0 amide bonds. The Morgan fingerprint density at radius 2 is 2.10 bits per heavy atom. The molecule has 112 valence electrons. The SMILES string of the molecule is OCC#Cc1cccc(CN2CCCN3CCCC3C2)c1. The van der Waals surface area contributed by atoms with Gasteiger partial charge in [0.25, 0.3) is 0 Å². The number of aliphatic hydroxyl groups is 1. The number of fused-ring (bicyclic) bond motifs is 1. The molecule has 21 heavy (non-hydrogen) atoms. The van der Waals surface area contributed by atoms with Gasteiger partial charge in [-0.15, -0.1) is 0 Å². The molecule has 1 atom stereocenters. The van der Waals surface area contributed by atoms with Crippen molar-refractivity contribution in [1.82, 2.24) is 9.80 Å². The van der Waals surface area contributed by atoms with Crippen molar-refractivity contribution >= 4 is 0 Å². The van der Waals surface area contributed by atoms with Gasteiger partial charge in [-0.2, -0.15) is 0 Å². The average molecular weight is 284 g/mol. The number of nitrogens with zero attached hydrogens (tertiary/aromatic N) is 2. The van der Waals surface area contributed by atoms with E-state index in [2.05, 4.69) is 39.8 Å². The zero-order valence-electron chi connectivity index (χ0n) is 12.6. The van der Waals surface area contributed by atoms with E-state index in [1.54, 1.807) is 0 Å². The summed E-state index contributed by atoms with van der Waals surface area (Å²) in [6.07, 6.45) is 4.00. The summed E-state index contributed by atoms with van der Waals surface area (Å²) in [6, 6.07) is 9.18. The van der Waals surface area contributed by atoms with Gasteiger partial charge in [-0.3, -0.25) is 9.80 Å². The van der Waals surface area contributed by atoms with Gasteiger partial charge in [-0.25, -0.2) is 0 Å². The molecule has 2 aliphatic rings. The fraction of sp³-hybridized carbons (Fsp3) is 0.556. The van der Waals surface area contributed by atoms with Gasteiger partial charge in [0.1, 0.15) is 6.61 Å². The van der Waals surface area contributed by atoms with Crippen LogP contribution in [0.15, 0.2) is 24.3 Å². The van der Waals surface area contributed by atoms with E-state index in [0.717, 1.165) is 18.2 Å². The molecule has 1 N–H and O–H groups in total. The lowest BCUT2D eigenvalue weighted by Crippen LogP contribution is -2.36. The molecule has 0 bridgehead atoms. The molecule has 3 heteroatoms. The Labute approximate surface area is 127 Å². The van der Waals surface area contributed by atoms with Gasteiger partial charge < -0.3 is 5.11 Å². The van der Waals surface area contributed by atoms with Crippen molar-refractivity contribution < 1.29 is 5.11 Å². The molecule has 2 aliphatic heterocycles. The summed E-state index contributed by atoms with van der Waals surface area (Å²) in [5.41, 5.74) is 2.32. The van der Waals surface area contributed by atoms with Crippen molar-refractivity contribution in [3.63, 3.8) is 0 Å². The second kappa shape index (κ2) is 7.09. The van der Waals surface area contributed by atoms with Crippen LogP contribution < -0.4 is 0 Å². The summed E-state index contributed by atoms with van der Waals surface area (Å²) in [4.78, 5) is 5.26. The van der Waals surface area contributed by atoms with Crippen molar-refractivity contribution in [1.29, 1.82) is 0 Å². The fourth-order valence-corrected chi connectivity index (χ4v) is 3.57. The predicted molar refractivity (Wildman–Crippen MR) is 84.9 cm³/mol. The zero-order chi connectivity index (χ0) is 14.5. The standard InChI is InChI=1S/C18H24N2O/c21-12-3-7-16-5-1-6-17(13-16)14-19-9-4-11-20-10-2-8-18(20)15-19/h1,5-6,13,18,21H,2,4,8-12,14-15H2. The van der Waals surface area contributed by atoms with E-state index in [0.29, 0.717) is 0 Å². The van der Waals surface area contributed by atoms with E-state index in [4.69, 9.17) is 5.11 Å². The molecule has 0 radical (unpaired) electrons. The number of benzene rings is 1. The third-order valence-electron chi connectivity index (χ3n) is 4.53. The first kappa shape index (κ1) is 14.6. The number of hydrogen-bond acceptors (Lipinski definition) is 3. The highest BCUT2D eigenvalue weighted by molar-refractivity contribution is 5.37. The van der Waals surface area contributed by atoms with Crippen molar-refractivity contribution in [3.05, 3.63) is 35.4 Å². The van der Waals surface area contributed by atoms with Crippen LogP contribution in [0.4, 0.5) is 0 Å². The first-order valence-corrected chi connectivity index (χ1v) is 8.00. The van der Waals surface area contributed by atoms with E-state index in [1.807, 2.05) is 6.07 Å². The van der Waals surface area contributed by atoms with Crippen LogP contribution in [0.3, 0.4) is 0 Å². The highest BCUT2D eigenvalue weighted by Gasteiger charge is 2.28. The number of hydrogen-bond donors (Lipinski definition) is 1. The van der Waals surface area contributed by atoms with E-state index in [-0.39, 0.29) is 6.61 Å². The highest BCUT2D eigenvalue weighted by atomic mass is 16.2. The molecule has 0 spiro atoms. The molecule has 3 rings (SSSR count). The molecule has 3 nitrogen and oxygen atoms in total. The summed E-state index contributed by atoms with van der Waals surface area (Å²) in [7, 11) is 0. The number of aliphatic hydroxyl groups excluding tert-OH is 1. The van der Waals surface area contributed by atoms with Crippen molar-refractivity contribution in [2.45, 2.75) is 31.8 Å². The topological polar surface area (TPSA) is 26.7 Å². The lowest BCUT2D eigenvalue weighted by molar-refractivity contribution is 0.215. The van der Waals surface area contributed by atoms with Gasteiger partial charge in [0.2, 0.25) is 0 Å². The lowest BCUT2D eigenvalue weighted by Gasteiger charge is -2.25. The summed E-state index contributed by atoms with van der Waals surface area (Å²) in [6.45, 7) is 5.90. The van der Waals surface area contributed by atoms with E-state index >= 15 is 0 Å². The zero-order valence-corrected chi connectivity index (χ0v) is 12.6. The van der Waals surface area contributed by atoms with Gasteiger partial charge >= 0.3 is 0 Å². The summed E-state index contributed by atoms with van der Waals surface area (Å²) < 4.78 is 0. The maximum Gasteiger partial charge on any atom is 0.104 e. The minimum Gasteiger partial charge on any atom is -0.384 e. The first-order chi connectivity index (χ1) is 10.3. The summed E-state index contributed by atoms with van der Waals surface area (Å²) >= 11 is 0. The van der Waals surface area contributed by atoms with E-state index in [9.17, 15) is 0 Å². The maximum absolute atomic E-state index is 8.79. The Hall–Kier alpha value is -1.34. The Morgan fingerprint density at radius 3 is 3.00 bits per heavy atom. The third kappa shape index (κ3) is 3.85. The minimum atomic E-state index is -0.0755. The highest BCUT2D eigenvalue weighted by Crippen LogP contribution is 2.22. The Morgan fingerprint density at radius 1 is 1.19 bits per heavy atom. The van der Waals surface area contributed by atoms with Crippen LogP contribution in [-0.4, -0.2) is 53.7 Å². The molecular weight excluding hydrogens is 260 g/mol. The van der Waals surface area contributed by atoms with Crippen molar-refractivity contribution in [2.24, 2.45) is 0 Å². The van der Waals surface area contributed by atoms with Gasteiger partial charge in [-0.05, 0) is 56.6 Å². The molecule has 0 aromatic heterocycles. The average Bonchev–Trinajstić information content (AvgIpc) is 2.84. The van der Waals surface area contributed by atoms with Crippen molar-refractivity contribution in [3.8, 4) is 11.8 Å². The first-order valence-electron chi connectivity index (χ1n) is 8.00. The van der Waals surface area contributed by atoms with Crippen LogP contribution in [0.2, 0.25) is 0 Å². The smallest absolute Gasteiger partial charge is 0.104 e. The molecule has 1 aromatic carbocycles. The summed E-state index contributed by atoms with van der Waals surface area (Å²) in [5.74, 6) is 5.72. The van der Waals surface area contributed by atoms with Crippen LogP contribution in [0.1, 0.15) is 30.4 Å². The second-order valence-electron chi connectivity index (χ2n) is 6.08. The monoisotopic (exact) mass is 284 g/mol. The van der Waals surface area contributed by atoms with Gasteiger partial charge in [0.05, 0.1) is 0 Å². The molecule has 0 saturated carbocycles. The normalized spacial score (nSPS) is 23.2. The van der Waals surface area contributed by atoms with Crippen molar-refractivity contribution in [2.75, 3.05) is 32.8 Å².